The molecule has 0 aliphatic heterocycles. The summed E-state index contributed by atoms with van der Waals surface area (Å²) in [5.74, 6) is -1.80. The lowest BCUT2D eigenvalue weighted by Crippen LogP contribution is -1.99. The van der Waals surface area contributed by atoms with E-state index in [-0.39, 0.29) is 5.57 Å². The average molecular weight is 156 g/mol. The lowest BCUT2D eigenvalue weighted by Gasteiger charge is -1.94. The third kappa shape index (κ3) is 4.90. The van der Waals surface area contributed by atoms with E-state index in [4.69, 9.17) is 5.11 Å². The minimum atomic E-state index is -1.17. The van der Waals surface area contributed by atoms with Crippen molar-refractivity contribution >= 4 is 11.9 Å². The SMILES string of the molecule is C=C(C)C(=O)OC=CC(=O)O. The first-order valence-corrected chi connectivity index (χ1v) is 2.80. The number of hydrogen-bond acceptors (Lipinski definition) is 3. The van der Waals surface area contributed by atoms with Crippen molar-refractivity contribution in [2.45, 2.75) is 6.92 Å². The molecule has 0 radical (unpaired) electrons. The van der Waals surface area contributed by atoms with Gasteiger partial charge in [0.2, 0.25) is 0 Å². The summed E-state index contributed by atoms with van der Waals surface area (Å²) in [7, 11) is 0. The highest BCUT2D eigenvalue weighted by Gasteiger charge is 1.99. The summed E-state index contributed by atoms with van der Waals surface area (Å²) < 4.78 is 4.31. The molecule has 0 rings (SSSR count). The average Bonchev–Trinajstić information content (AvgIpc) is 1.86. The van der Waals surface area contributed by atoms with E-state index in [1.54, 1.807) is 0 Å². The van der Waals surface area contributed by atoms with Crippen LogP contribution in [0.25, 0.3) is 0 Å². The quantitative estimate of drug-likeness (QED) is 0.371. The molecular weight excluding hydrogens is 148 g/mol. The molecule has 0 bridgehead atoms. The van der Waals surface area contributed by atoms with Crippen molar-refractivity contribution in [1.82, 2.24) is 0 Å². The van der Waals surface area contributed by atoms with Crippen molar-refractivity contribution in [3.05, 3.63) is 24.5 Å². The smallest absolute Gasteiger partial charge is 0.337 e. The number of rotatable bonds is 3. The van der Waals surface area contributed by atoms with Gasteiger partial charge in [-0.3, -0.25) is 0 Å². The molecule has 60 valence electrons. The molecule has 0 saturated carbocycles. The number of esters is 1. The molecule has 0 aliphatic rings. The first kappa shape index (κ1) is 9.42. The van der Waals surface area contributed by atoms with Crippen LogP contribution in [0.5, 0.6) is 0 Å². The fraction of sp³-hybridized carbons (Fsp3) is 0.143. The van der Waals surface area contributed by atoms with Gasteiger partial charge in [-0.05, 0) is 6.92 Å². The monoisotopic (exact) mass is 156 g/mol. The van der Waals surface area contributed by atoms with E-state index < -0.39 is 11.9 Å². The van der Waals surface area contributed by atoms with Gasteiger partial charge in [0.05, 0.1) is 6.08 Å². The maximum Gasteiger partial charge on any atom is 0.337 e. The Morgan fingerprint density at radius 1 is 1.55 bits per heavy atom. The largest absolute Gasteiger partial charge is 0.478 e. The van der Waals surface area contributed by atoms with E-state index in [0.717, 1.165) is 12.3 Å². The van der Waals surface area contributed by atoms with Crippen LogP contribution in [0.2, 0.25) is 0 Å². The second kappa shape index (κ2) is 4.27. The van der Waals surface area contributed by atoms with Crippen molar-refractivity contribution in [2.24, 2.45) is 0 Å². The number of aliphatic carboxylic acids is 1. The van der Waals surface area contributed by atoms with Crippen molar-refractivity contribution in [2.75, 3.05) is 0 Å². The summed E-state index contributed by atoms with van der Waals surface area (Å²) in [5.41, 5.74) is 0.222. The molecular formula is C7H8O4. The Morgan fingerprint density at radius 3 is 2.45 bits per heavy atom. The molecule has 0 aromatic heterocycles. The van der Waals surface area contributed by atoms with Gasteiger partial charge in [0.25, 0.3) is 0 Å². The fourth-order valence-corrected chi connectivity index (χ4v) is 0.255. The molecule has 1 N–H and O–H groups in total. The molecule has 0 saturated heterocycles. The molecule has 0 atom stereocenters. The first-order chi connectivity index (χ1) is 5.04. The molecule has 0 heterocycles. The number of hydrogen-bond donors (Lipinski definition) is 1. The van der Waals surface area contributed by atoms with Gasteiger partial charge in [0.1, 0.15) is 6.26 Å². The Hall–Kier alpha value is -1.58. The summed E-state index contributed by atoms with van der Waals surface area (Å²) in [6.07, 6.45) is 1.53. The maximum atomic E-state index is 10.6. The summed E-state index contributed by atoms with van der Waals surface area (Å²) >= 11 is 0. The van der Waals surface area contributed by atoms with E-state index in [0.29, 0.717) is 0 Å². The topological polar surface area (TPSA) is 63.6 Å². The van der Waals surface area contributed by atoms with Gasteiger partial charge in [0, 0.05) is 5.57 Å². The highest BCUT2D eigenvalue weighted by molar-refractivity contribution is 5.88. The van der Waals surface area contributed by atoms with E-state index >= 15 is 0 Å². The van der Waals surface area contributed by atoms with Crippen LogP contribution < -0.4 is 0 Å². The normalized spacial score (nSPS) is 9.55. The Bertz CT molecular complexity index is 214. The number of carbonyl (C=O) groups is 2. The predicted molar refractivity (Wildman–Crippen MR) is 37.7 cm³/mol. The molecule has 0 fully saturated rings. The van der Waals surface area contributed by atoms with Crippen LogP contribution in [0.15, 0.2) is 24.5 Å². The van der Waals surface area contributed by atoms with Crippen LogP contribution in [0.3, 0.4) is 0 Å². The Kier molecular flexibility index (Phi) is 3.66. The summed E-state index contributed by atoms with van der Waals surface area (Å²) in [5, 5.41) is 8.06. The molecule has 0 amide bonds. The van der Waals surface area contributed by atoms with Gasteiger partial charge in [-0.1, -0.05) is 6.58 Å². The number of carboxylic acids is 1. The lowest BCUT2D eigenvalue weighted by atomic mass is 10.4. The second-order valence-electron chi connectivity index (χ2n) is 1.83. The number of ether oxygens (including phenoxy) is 1. The molecule has 0 aliphatic carbocycles. The molecule has 4 heteroatoms. The molecule has 11 heavy (non-hydrogen) atoms. The van der Waals surface area contributed by atoms with Crippen LogP contribution in [-0.4, -0.2) is 17.0 Å². The predicted octanol–water partition coefficient (Wildman–Crippen LogP) is 0.704. The van der Waals surface area contributed by atoms with Crippen molar-refractivity contribution < 1.29 is 19.4 Å². The van der Waals surface area contributed by atoms with Crippen molar-refractivity contribution in [3.63, 3.8) is 0 Å². The fourth-order valence-electron chi connectivity index (χ4n) is 0.255. The summed E-state index contributed by atoms with van der Waals surface area (Å²) in [6, 6.07) is 0. The Balaban J connectivity index is 3.80. The van der Waals surface area contributed by atoms with Crippen LogP contribution in [-0.2, 0) is 14.3 Å². The van der Waals surface area contributed by atoms with Crippen molar-refractivity contribution in [1.29, 1.82) is 0 Å². The number of carbonyl (C=O) groups excluding carboxylic acids is 1. The Labute approximate surface area is 63.8 Å². The van der Waals surface area contributed by atoms with E-state index in [1.807, 2.05) is 0 Å². The van der Waals surface area contributed by atoms with Gasteiger partial charge in [-0.2, -0.15) is 0 Å². The van der Waals surface area contributed by atoms with Crippen LogP contribution in [0, 0.1) is 0 Å². The van der Waals surface area contributed by atoms with Gasteiger partial charge >= 0.3 is 11.9 Å². The first-order valence-electron chi connectivity index (χ1n) is 2.80. The van der Waals surface area contributed by atoms with E-state index in [1.165, 1.54) is 6.92 Å². The molecule has 0 spiro atoms. The van der Waals surface area contributed by atoms with Gasteiger partial charge in [0.15, 0.2) is 0 Å². The van der Waals surface area contributed by atoms with Crippen LogP contribution in [0.1, 0.15) is 6.92 Å². The highest BCUT2D eigenvalue weighted by Crippen LogP contribution is 1.91. The lowest BCUT2D eigenvalue weighted by molar-refractivity contribution is -0.133. The van der Waals surface area contributed by atoms with E-state index in [2.05, 4.69) is 11.3 Å². The van der Waals surface area contributed by atoms with Crippen LogP contribution in [0.4, 0.5) is 0 Å². The van der Waals surface area contributed by atoms with Crippen molar-refractivity contribution in [3.8, 4) is 0 Å². The zero-order valence-electron chi connectivity index (χ0n) is 6.03. The third-order valence-corrected chi connectivity index (χ3v) is 0.734. The van der Waals surface area contributed by atoms with Gasteiger partial charge in [-0.15, -0.1) is 0 Å². The van der Waals surface area contributed by atoms with Gasteiger partial charge in [-0.25, -0.2) is 9.59 Å². The summed E-state index contributed by atoms with van der Waals surface area (Å²) in [6.45, 7) is 4.77. The minimum absolute atomic E-state index is 0.222. The Morgan fingerprint density at radius 2 is 2.09 bits per heavy atom. The molecule has 0 aromatic rings. The zero-order valence-corrected chi connectivity index (χ0v) is 6.03. The molecule has 4 nitrogen and oxygen atoms in total. The number of carboxylic acid groups (broad SMARTS) is 1. The van der Waals surface area contributed by atoms with Gasteiger partial charge < -0.3 is 9.84 Å². The zero-order chi connectivity index (χ0) is 8.85. The maximum absolute atomic E-state index is 10.6. The molecule has 0 aromatic carbocycles. The third-order valence-electron chi connectivity index (χ3n) is 0.734. The minimum Gasteiger partial charge on any atom is -0.478 e. The summed E-state index contributed by atoms with van der Waals surface area (Å²) in [4.78, 5) is 20.4. The highest BCUT2D eigenvalue weighted by atomic mass is 16.5. The van der Waals surface area contributed by atoms with Crippen LogP contribution >= 0.6 is 0 Å². The second-order valence-corrected chi connectivity index (χ2v) is 1.83. The van der Waals surface area contributed by atoms with E-state index in [9.17, 15) is 9.59 Å². The molecule has 0 unspecified atom stereocenters. The standard InChI is InChI=1S/C7H8O4/c1-5(2)7(10)11-4-3-6(8)9/h3-4H,1H2,2H3,(H,8,9).